The van der Waals surface area contributed by atoms with Gasteiger partial charge in [0.05, 0.1) is 6.10 Å². The predicted octanol–water partition coefficient (Wildman–Crippen LogP) is 2.70. The standard InChI is InChI=1S/C15H23NO/c1-11-7-8-13(12(2)9-11)10-16-14-5-3-4-6-15(14)17/h7-9,14-17H,3-6,10H2,1-2H3. The van der Waals surface area contributed by atoms with Crippen LogP contribution in [0.1, 0.15) is 42.4 Å². The molecule has 0 amide bonds. The van der Waals surface area contributed by atoms with E-state index in [2.05, 4.69) is 37.4 Å². The fourth-order valence-electron chi connectivity index (χ4n) is 2.63. The van der Waals surface area contributed by atoms with Gasteiger partial charge < -0.3 is 10.4 Å². The van der Waals surface area contributed by atoms with Crippen LogP contribution in [0.4, 0.5) is 0 Å². The van der Waals surface area contributed by atoms with Crippen LogP contribution < -0.4 is 5.32 Å². The first kappa shape index (κ1) is 12.6. The van der Waals surface area contributed by atoms with Gasteiger partial charge in [-0.2, -0.15) is 0 Å². The third kappa shape index (κ3) is 3.30. The third-order valence-corrected chi connectivity index (χ3v) is 3.78. The van der Waals surface area contributed by atoms with Crippen LogP contribution in [0.2, 0.25) is 0 Å². The Labute approximate surface area is 104 Å². The average molecular weight is 233 g/mol. The highest BCUT2D eigenvalue weighted by atomic mass is 16.3. The molecule has 1 aliphatic carbocycles. The summed E-state index contributed by atoms with van der Waals surface area (Å²) in [5, 5.41) is 13.4. The summed E-state index contributed by atoms with van der Waals surface area (Å²) in [5.74, 6) is 0. The number of nitrogens with one attached hydrogen (secondary N) is 1. The number of benzene rings is 1. The molecule has 1 aliphatic rings. The number of rotatable bonds is 3. The van der Waals surface area contributed by atoms with Gasteiger partial charge in [0.1, 0.15) is 0 Å². The molecule has 1 fully saturated rings. The van der Waals surface area contributed by atoms with Crippen LogP contribution in [0.5, 0.6) is 0 Å². The Kier molecular flexibility index (Phi) is 4.19. The highest BCUT2D eigenvalue weighted by Crippen LogP contribution is 2.19. The Hall–Kier alpha value is -0.860. The van der Waals surface area contributed by atoms with Crippen molar-refractivity contribution < 1.29 is 5.11 Å². The normalized spacial score (nSPS) is 24.9. The summed E-state index contributed by atoms with van der Waals surface area (Å²) in [6, 6.07) is 6.84. The Bertz CT molecular complexity index is 375. The van der Waals surface area contributed by atoms with Gasteiger partial charge >= 0.3 is 0 Å². The van der Waals surface area contributed by atoms with E-state index in [-0.39, 0.29) is 12.1 Å². The van der Waals surface area contributed by atoms with Gasteiger partial charge in [-0.05, 0) is 37.8 Å². The van der Waals surface area contributed by atoms with Gasteiger partial charge in [0.15, 0.2) is 0 Å². The molecule has 0 saturated heterocycles. The van der Waals surface area contributed by atoms with E-state index in [0.29, 0.717) is 0 Å². The van der Waals surface area contributed by atoms with Gasteiger partial charge in [0.2, 0.25) is 0 Å². The summed E-state index contributed by atoms with van der Waals surface area (Å²) in [6.45, 7) is 5.14. The number of hydrogen-bond donors (Lipinski definition) is 2. The quantitative estimate of drug-likeness (QED) is 0.841. The highest BCUT2D eigenvalue weighted by molar-refractivity contribution is 5.30. The first-order valence-corrected chi connectivity index (χ1v) is 6.64. The largest absolute Gasteiger partial charge is 0.392 e. The fourth-order valence-corrected chi connectivity index (χ4v) is 2.63. The van der Waals surface area contributed by atoms with Gasteiger partial charge in [0, 0.05) is 12.6 Å². The zero-order valence-electron chi connectivity index (χ0n) is 10.9. The van der Waals surface area contributed by atoms with Crippen LogP contribution in [0.25, 0.3) is 0 Å². The molecule has 2 rings (SSSR count). The van der Waals surface area contributed by atoms with Crippen molar-refractivity contribution in [3.8, 4) is 0 Å². The van der Waals surface area contributed by atoms with E-state index in [1.54, 1.807) is 0 Å². The molecule has 0 bridgehead atoms. The van der Waals surface area contributed by atoms with Crippen LogP contribution in [-0.4, -0.2) is 17.3 Å². The average Bonchev–Trinajstić information content (AvgIpc) is 2.30. The lowest BCUT2D eigenvalue weighted by Gasteiger charge is -2.28. The van der Waals surface area contributed by atoms with Gasteiger partial charge in [-0.25, -0.2) is 0 Å². The maximum absolute atomic E-state index is 9.90. The Morgan fingerprint density at radius 3 is 2.71 bits per heavy atom. The zero-order chi connectivity index (χ0) is 12.3. The summed E-state index contributed by atoms with van der Waals surface area (Å²) in [6.07, 6.45) is 4.30. The van der Waals surface area contributed by atoms with Crippen molar-refractivity contribution in [2.75, 3.05) is 0 Å². The Morgan fingerprint density at radius 1 is 1.24 bits per heavy atom. The van der Waals surface area contributed by atoms with E-state index in [4.69, 9.17) is 0 Å². The van der Waals surface area contributed by atoms with E-state index in [0.717, 1.165) is 19.4 Å². The number of aryl methyl sites for hydroxylation is 2. The molecule has 0 aliphatic heterocycles. The van der Waals surface area contributed by atoms with E-state index >= 15 is 0 Å². The van der Waals surface area contributed by atoms with Crippen molar-refractivity contribution in [3.63, 3.8) is 0 Å². The zero-order valence-corrected chi connectivity index (χ0v) is 10.9. The SMILES string of the molecule is Cc1ccc(CNC2CCCCC2O)c(C)c1. The molecule has 0 heterocycles. The second-order valence-corrected chi connectivity index (χ2v) is 5.27. The van der Waals surface area contributed by atoms with Crippen molar-refractivity contribution in [1.29, 1.82) is 0 Å². The van der Waals surface area contributed by atoms with Crippen LogP contribution in [0.3, 0.4) is 0 Å². The Morgan fingerprint density at radius 2 is 2.00 bits per heavy atom. The number of hydrogen-bond acceptors (Lipinski definition) is 2. The second kappa shape index (κ2) is 5.65. The summed E-state index contributed by atoms with van der Waals surface area (Å²) in [7, 11) is 0. The minimum atomic E-state index is -0.158. The Balaban J connectivity index is 1.92. The molecule has 2 unspecified atom stereocenters. The van der Waals surface area contributed by atoms with E-state index in [1.165, 1.54) is 29.5 Å². The van der Waals surface area contributed by atoms with Crippen LogP contribution in [-0.2, 0) is 6.54 Å². The molecule has 17 heavy (non-hydrogen) atoms. The number of aliphatic hydroxyl groups is 1. The second-order valence-electron chi connectivity index (χ2n) is 5.27. The lowest BCUT2D eigenvalue weighted by molar-refractivity contribution is 0.0902. The first-order valence-electron chi connectivity index (χ1n) is 6.64. The summed E-state index contributed by atoms with van der Waals surface area (Å²) in [4.78, 5) is 0. The summed E-state index contributed by atoms with van der Waals surface area (Å²) >= 11 is 0. The third-order valence-electron chi connectivity index (χ3n) is 3.78. The van der Waals surface area contributed by atoms with Crippen molar-refractivity contribution in [1.82, 2.24) is 5.32 Å². The minimum absolute atomic E-state index is 0.158. The van der Waals surface area contributed by atoms with E-state index in [1.807, 2.05) is 0 Å². The molecular weight excluding hydrogens is 210 g/mol. The summed E-state index contributed by atoms with van der Waals surface area (Å²) in [5.41, 5.74) is 3.99. The maximum Gasteiger partial charge on any atom is 0.0693 e. The topological polar surface area (TPSA) is 32.3 Å². The number of aliphatic hydroxyl groups excluding tert-OH is 1. The van der Waals surface area contributed by atoms with E-state index < -0.39 is 0 Å². The van der Waals surface area contributed by atoms with Crippen molar-refractivity contribution in [2.45, 2.75) is 58.2 Å². The van der Waals surface area contributed by atoms with Gasteiger partial charge in [0.25, 0.3) is 0 Å². The van der Waals surface area contributed by atoms with Crippen molar-refractivity contribution >= 4 is 0 Å². The van der Waals surface area contributed by atoms with Gasteiger partial charge in [-0.3, -0.25) is 0 Å². The smallest absolute Gasteiger partial charge is 0.0693 e. The van der Waals surface area contributed by atoms with Crippen LogP contribution in [0, 0.1) is 13.8 Å². The monoisotopic (exact) mass is 233 g/mol. The molecule has 0 aromatic heterocycles. The summed E-state index contributed by atoms with van der Waals surface area (Å²) < 4.78 is 0. The van der Waals surface area contributed by atoms with Crippen molar-refractivity contribution in [2.24, 2.45) is 0 Å². The molecular formula is C15H23NO. The molecule has 0 radical (unpaired) electrons. The minimum Gasteiger partial charge on any atom is -0.392 e. The van der Waals surface area contributed by atoms with Gasteiger partial charge in [-0.1, -0.05) is 36.6 Å². The van der Waals surface area contributed by atoms with Gasteiger partial charge in [-0.15, -0.1) is 0 Å². The highest BCUT2D eigenvalue weighted by Gasteiger charge is 2.22. The lowest BCUT2D eigenvalue weighted by atomic mass is 9.92. The molecule has 1 saturated carbocycles. The molecule has 2 atom stereocenters. The maximum atomic E-state index is 9.90. The van der Waals surface area contributed by atoms with E-state index in [9.17, 15) is 5.11 Å². The molecule has 2 nitrogen and oxygen atoms in total. The fraction of sp³-hybridized carbons (Fsp3) is 0.600. The first-order chi connectivity index (χ1) is 8.16. The van der Waals surface area contributed by atoms with Crippen LogP contribution in [0.15, 0.2) is 18.2 Å². The molecule has 94 valence electrons. The molecule has 0 spiro atoms. The molecule has 2 heteroatoms. The lowest BCUT2D eigenvalue weighted by Crippen LogP contribution is -2.41. The molecule has 1 aromatic carbocycles. The van der Waals surface area contributed by atoms with Crippen molar-refractivity contribution in [3.05, 3.63) is 34.9 Å². The molecule has 1 aromatic rings. The van der Waals surface area contributed by atoms with Crippen LogP contribution >= 0.6 is 0 Å². The molecule has 2 N–H and O–H groups in total. The predicted molar refractivity (Wildman–Crippen MR) is 71.0 cm³/mol.